The van der Waals surface area contributed by atoms with E-state index < -0.39 is 10.0 Å². The Morgan fingerprint density at radius 2 is 1.56 bits per heavy atom. The molecule has 8 nitrogen and oxygen atoms in total. The first-order valence-corrected chi connectivity index (χ1v) is 11.4. The number of sulfonamides is 1. The monoisotopic (exact) mass is 453 g/mol. The quantitative estimate of drug-likeness (QED) is 0.417. The van der Waals surface area contributed by atoms with Gasteiger partial charge in [-0.1, -0.05) is 42.5 Å². The largest absolute Gasteiger partial charge is 0.457 e. The van der Waals surface area contributed by atoms with E-state index in [0.717, 1.165) is 11.1 Å². The first-order valence-electron chi connectivity index (χ1n) is 9.80. The topological polar surface area (TPSA) is 99.0 Å². The Kier molecular flexibility index (Phi) is 6.52. The highest BCUT2D eigenvalue weighted by molar-refractivity contribution is 7.89. The van der Waals surface area contributed by atoms with Gasteiger partial charge in [0.1, 0.15) is 17.3 Å². The minimum absolute atomic E-state index is 0.0830. The molecule has 0 fully saturated rings. The van der Waals surface area contributed by atoms with E-state index in [0.29, 0.717) is 17.3 Å². The van der Waals surface area contributed by atoms with Crippen molar-refractivity contribution < 1.29 is 17.5 Å². The third-order valence-corrected chi connectivity index (χ3v) is 5.82. The van der Waals surface area contributed by atoms with Gasteiger partial charge >= 0.3 is 0 Å². The average Bonchev–Trinajstić information content (AvgIpc) is 3.29. The zero-order valence-corrected chi connectivity index (χ0v) is 17.7. The summed E-state index contributed by atoms with van der Waals surface area (Å²) in [6, 6.07) is 22.0. The summed E-state index contributed by atoms with van der Waals surface area (Å²) in [5, 5.41) is 12.1. The number of nitrogens with zero attached hydrogens (tertiary/aromatic N) is 4. The van der Waals surface area contributed by atoms with Gasteiger partial charge in [-0.15, -0.1) is 10.2 Å². The van der Waals surface area contributed by atoms with E-state index in [1.807, 2.05) is 30.3 Å². The highest BCUT2D eigenvalue weighted by atomic mass is 32.2. The number of hydrogen-bond donors (Lipinski definition) is 1. The third-order valence-electron chi connectivity index (χ3n) is 4.51. The molecular formula is C22H20FN5O3S. The van der Waals surface area contributed by atoms with Crippen molar-refractivity contribution in [2.45, 2.75) is 13.1 Å². The highest BCUT2D eigenvalue weighted by Gasteiger charge is 2.13. The maximum Gasteiger partial charge on any atom is 0.213 e. The van der Waals surface area contributed by atoms with Gasteiger partial charge in [0.05, 0.1) is 12.3 Å². The number of tetrazole rings is 1. The molecule has 0 aliphatic carbocycles. The molecular weight excluding hydrogens is 433 g/mol. The second kappa shape index (κ2) is 9.67. The maximum atomic E-state index is 13.0. The Labute approximate surface area is 184 Å². The first-order chi connectivity index (χ1) is 15.5. The lowest BCUT2D eigenvalue weighted by atomic mass is 10.2. The zero-order chi connectivity index (χ0) is 22.4. The molecule has 4 aromatic rings. The predicted molar refractivity (Wildman–Crippen MR) is 117 cm³/mol. The van der Waals surface area contributed by atoms with Gasteiger partial charge < -0.3 is 4.74 Å². The summed E-state index contributed by atoms with van der Waals surface area (Å²) in [4.78, 5) is 1.27. The van der Waals surface area contributed by atoms with Crippen molar-refractivity contribution in [2.75, 3.05) is 5.75 Å². The summed E-state index contributed by atoms with van der Waals surface area (Å²) >= 11 is 0. The van der Waals surface area contributed by atoms with Crippen molar-refractivity contribution in [3.05, 3.63) is 90.2 Å². The number of hydrogen-bond acceptors (Lipinski definition) is 6. The fraction of sp³-hybridized carbons (Fsp3) is 0.136. The van der Waals surface area contributed by atoms with Crippen molar-refractivity contribution in [1.82, 2.24) is 24.9 Å². The molecule has 1 heterocycles. The van der Waals surface area contributed by atoms with Gasteiger partial charge in [-0.3, -0.25) is 0 Å². The minimum atomic E-state index is -3.54. The van der Waals surface area contributed by atoms with E-state index in [9.17, 15) is 12.8 Å². The molecule has 1 N–H and O–H groups in total. The van der Waals surface area contributed by atoms with Crippen molar-refractivity contribution in [2.24, 2.45) is 0 Å². The van der Waals surface area contributed by atoms with Gasteiger partial charge in [-0.2, -0.15) is 4.80 Å². The molecule has 0 atom stereocenters. The summed E-state index contributed by atoms with van der Waals surface area (Å²) < 4.78 is 45.8. The molecule has 4 rings (SSSR count). The number of aryl methyl sites for hydroxylation is 1. The fourth-order valence-electron chi connectivity index (χ4n) is 2.82. The van der Waals surface area contributed by atoms with Crippen LogP contribution < -0.4 is 9.46 Å². The molecule has 0 saturated heterocycles. The zero-order valence-electron chi connectivity index (χ0n) is 16.9. The van der Waals surface area contributed by atoms with E-state index >= 15 is 0 Å². The van der Waals surface area contributed by atoms with Crippen LogP contribution >= 0.6 is 0 Å². The fourth-order valence-corrected chi connectivity index (χ4v) is 3.76. The van der Waals surface area contributed by atoms with Crippen molar-refractivity contribution in [3.63, 3.8) is 0 Å². The van der Waals surface area contributed by atoms with Crippen LogP contribution in [0.25, 0.3) is 11.4 Å². The molecule has 0 radical (unpaired) electrons. The first kappa shape index (κ1) is 21.6. The summed E-state index contributed by atoms with van der Waals surface area (Å²) in [7, 11) is -3.54. The number of ether oxygens (including phenoxy) is 1. The Bertz CT molecular complexity index is 1260. The van der Waals surface area contributed by atoms with Crippen LogP contribution in [0.2, 0.25) is 0 Å². The van der Waals surface area contributed by atoms with Gasteiger partial charge in [0.15, 0.2) is 0 Å². The number of rotatable bonds is 9. The molecule has 0 unspecified atom stereocenters. The van der Waals surface area contributed by atoms with Gasteiger partial charge in [-0.25, -0.2) is 17.5 Å². The van der Waals surface area contributed by atoms with Crippen LogP contribution in [0.1, 0.15) is 5.56 Å². The van der Waals surface area contributed by atoms with Crippen molar-refractivity contribution in [3.8, 4) is 22.9 Å². The highest BCUT2D eigenvalue weighted by Crippen LogP contribution is 2.22. The van der Waals surface area contributed by atoms with Crippen LogP contribution in [-0.4, -0.2) is 34.4 Å². The number of benzene rings is 3. The van der Waals surface area contributed by atoms with Crippen LogP contribution in [0.5, 0.6) is 11.5 Å². The van der Waals surface area contributed by atoms with E-state index in [-0.39, 0.29) is 24.7 Å². The molecule has 10 heteroatoms. The van der Waals surface area contributed by atoms with E-state index in [1.165, 1.54) is 29.1 Å². The predicted octanol–water partition coefficient (Wildman–Crippen LogP) is 3.39. The van der Waals surface area contributed by atoms with E-state index in [1.54, 1.807) is 24.3 Å². The second-order valence-electron chi connectivity index (χ2n) is 6.91. The van der Waals surface area contributed by atoms with Crippen LogP contribution in [-0.2, 0) is 23.1 Å². The molecule has 1 aromatic heterocycles. The molecule has 0 amide bonds. The lowest BCUT2D eigenvalue weighted by Crippen LogP contribution is -2.28. The second-order valence-corrected chi connectivity index (χ2v) is 8.84. The van der Waals surface area contributed by atoms with Crippen LogP contribution in [0, 0.1) is 5.82 Å². The molecule has 0 aliphatic rings. The van der Waals surface area contributed by atoms with Gasteiger partial charge in [-0.05, 0) is 47.2 Å². The van der Waals surface area contributed by atoms with Crippen LogP contribution in [0.4, 0.5) is 4.39 Å². The van der Waals surface area contributed by atoms with E-state index in [4.69, 9.17) is 4.74 Å². The van der Waals surface area contributed by atoms with Crippen molar-refractivity contribution in [1.29, 1.82) is 0 Å². The van der Waals surface area contributed by atoms with Gasteiger partial charge in [0, 0.05) is 12.1 Å². The molecule has 164 valence electrons. The molecule has 0 saturated carbocycles. The molecule has 0 spiro atoms. The maximum absolute atomic E-state index is 13.0. The Morgan fingerprint density at radius 3 is 2.25 bits per heavy atom. The number of aromatic nitrogens is 4. The smallest absolute Gasteiger partial charge is 0.213 e. The van der Waals surface area contributed by atoms with Gasteiger partial charge in [0.25, 0.3) is 0 Å². The Balaban J connectivity index is 1.27. The molecule has 3 aromatic carbocycles. The SMILES string of the molecule is O=S(=O)(CCn1nnc(-c2ccccc2)n1)NCc1ccc(Oc2ccc(F)cc2)cc1. The third kappa shape index (κ3) is 5.96. The minimum Gasteiger partial charge on any atom is -0.457 e. The molecule has 32 heavy (non-hydrogen) atoms. The van der Waals surface area contributed by atoms with Crippen molar-refractivity contribution >= 4 is 10.0 Å². The van der Waals surface area contributed by atoms with Crippen LogP contribution in [0.3, 0.4) is 0 Å². The number of nitrogens with one attached hydrogen (secondary N) is 1. The lowest BCUT2D eigenvalue weighted by Gasteiger charge is -2.08. The summed E-state index contributed by atoms with van der Waals surface area (Å²) in [5.74, 6) is 1.00. The molecule has 0 aliphatic heterocycles. The normalized spacial score (nSPS) is 11.4. The Morgan fingerprint density at radius 1 is 0.906 bits per heavy atom. The van der Waals surface area contributed by atoms with E-state index in [2.05, 4.69) is 20.1 Å². The van der Waals surface area contributed by atoms with Crippen LogP contribution in [0.15, 0.2) is 78.9 Å². The number of halogens is 1. The molecule has 0 bridgehead atoms. The Hall–Kier alpha value is -3.63. The average molecular weight is 453 g/mol. The summed E-state index contributed by atoms with van der Waals surface area (Å²) in [6.45, 7) is 0.221. The summed E-state index contributed by atoms with van der Waals surface area (Å²) in [5.41, 5.74) is 1.58. The standard InChI is InChI=1S/C22H20FN5O3S/c23-19-8-12-21(13-9-19)31-20-10-6-17(7-11-20)16-24-32(29,30)15-14-28-26-22(25-27-28)18-4-2-1-3-5-18/h1-13,24H,14-16H2. The summed E-state index contributed by atoms with van der Waals surface area (Å²) in [6.07, 6.45) is 0. The lowest BCUT2D eigenvalue weighted by molar-refractivity contribution is 0.480. The van der Waals surface area contributed by atoms with Gasteiger partial charge in [0.2, 0.25) is 15.8 Å².